The van der Waals surface area contributed by atoms with Crippen molar-refractivity contribution >= 4 is 5.91 Å². The average molecular weight is 201 g/mol. The Labute approximate surface area is 82.5 Å². The van der Waals surface area contributed by atoms with Crippen molar-refractivity contribution in [3.05, 3.63) is 0 Å². The summed E-state index contributed by atoms with van der Waals surface area (Å²) in [5.74, 6) is -0.497. The number of primary amides is 1. The predicted octanol–water partition coefficient (Wildman–Crippen LogP) is -0.221. The second kappa shape index (κ2) is 2.92. The van der Waals surface area contributed by atoms with Crippen LogP contribution in [0.4, 0.5) is 0 Å². The number of carbonyl (C=O) groups excluding carboxylic acids is 1. The van der Waals surface area contributed by atoms with Gasteiger partial charge in [-0.25, -0.2) is 0 Å². The van der Waals surface area contributed by atoms with Crippen LogP contribution in [0, 0.1) is 0 Å². The molecule has 0 radical (unpaired) electrons. The number of nitrogens with two attached hydrogens (primary N) is 1. The first-order valence-electron chi connectivity index (χ1n) is 4.73. The highest BCUT2D eigenvalue weighted by molar-refractivity contribution is 5.80. The minimum atomic E-state index is -0.694. The van der Waals surface area contributed by atoms with Gasteiger partial charge in [-0.1, -0.05) is 0 Å². The standard InChI is InChI=1S/C9H15NO4/c1-4-9(3)7(13-5(2)14-9)6(12-4)8(10)11/h4-7H,1-3H3,(H2,10,11). The van der Waals surface area contributed by atoms with E-state index in [1.807, 2.05) is 13.8 Å². The Hall–Kier alpha value is -0.650. The number of fused-ring (bicyclic) bond motifs is 1. The van der Waals surface area contributed by atoms with Gasteiger partial charge in [-0.05, 0) is 20.8 Å². The van der Waals surface area contributed by atoms with E-state index < -0.39 is 17.6 Å². The highest BCUT2D eigenvalue weighted by Gasteiger charge is 2.60. The molecule has 2 N–H and O–H groups in total. The van der Waals surface area contributed by atoms with Crippen LogP contribution in [-0.4, -0.2) is 36.1 Å². The minimum absolute atomic E-state index is 0.185. The van der Waals surface area contributed by atoms with Gasteiger partial charge in [0.2, 0.25) is 5.91 Å². The first-order chi connectivity index (χ1) is 6.45. The van der Waals surface area contributed by atoms with Gasteiger partial charge in [0.15, 0.2) is 12.4 Å². The van der Waals surface area contributed by atoms with Gasteiger partial charge in [0.25, 0.3) is 0 Å². The summed E-state index contributed by atoms with van der Waals surface area (Å²) in [4.78, 5) is 11.1. The third kappa shape index (κ3) is 1.16. The van der Waals surface area contributed by atoms with E-state index in [0.29, 0.717) is 0 Å². The fourth-order valence-electron chi connectivity index (χ4n) is 2.14. The van der Waals surface area contributed by atoms with E-state index in [-0.39, 0.29) is 18.5 Å². The van der Waals surface area contributed by atoms with Gasteiger partial charge in [0.05, 0.1) is 6.10 Å². The zero-order valence-electron chi connectivity index (χ0n) is 8.52. The van der Waals surface area contributed by atoms with Gasteiger partial charge in [0.1, 0.15) is 11.7 Å². The SMILES string of the molecule is CC1OC2C(C(N)=O)OC(C)C2(C)O1. The quantitative estimate of drug-likeness (QED) is 0.636. The van der Waals surface area contributed by atoms with Gasteiger partial charge in [-0.2, -0.15) is 0 Å². The fraction of sp³-hybridized carbons (Fsp3) is 0.889. The molecule has 0 aromatic heterocycles. The van der Waals surface area contributed by atoms with Gasteiger partial charge >= 0.3 is 0 Å². The largest absolute Gasteiger partial charge is 0.367 e. The van der Waals surface area contributed by atoms with Crippen molar-refractivity contribution in [3.63, 3.8) is 0 Å². The molecule has 5 atom stereocenters. The van der Waals surface area contributed by atoms with Crippen molar-refractivity contribution in [1.82, 2.24) is 0 Å². The molecule has 14 heavy (non-hydrogen) atoms. The Morgan fingerprint density at radius 3 is 2.57 bits per heavy atom. The van der Waals surface area contributed by atoms with Crippen LogP contribution in [-0.2, 0) is 19.0 Å². The highest BCUT2D eigenvalue weighted by Crippen LogP contribution is 2.42. The molecule has 0 aliphatic carbocycles. The van der Waals surface area contributed by atoms with Crippen molar-refractivity contribution < 1.29 is 19.0 Å². The second-order valence-electron chi connectivity index (χ2n) is 4.03. The number of hydrogen-bond acceptors (Lipinski definition) is 4. The molecule has 5 unspecified atom stereocenters. The van der Waals surface area contributed by atoms with Crippen molar-refractivity contribution in [2.24, 2.45) is 5.73 Å². The van der Waals surface area contributed by atoms with E-state index in [9.17, 15) is 4.79 Å². The number of hydrogen-bond donors (Lipinski definition) is 1. The maximum absolute atomic E-state index is 11.1. The average Bonchev–Trinajstić information content (AvgIpc) is 2.47. The summed E-state index contributed by atoms with van der Waals surface area (Å²) in [5.41, 5.74) is 4.66. The normalized spacial score (nSPS) is 51.9. The smallest absolute Gasteiger partial charge is 0.249 e. The number of ether oxygens (including phenoxy) is 3. The topological polar surface area (TPSA) is 70.8 Å². The van der Waals surface area contributed by atoms with Crippen molar-refractivity contribution in [3.8, 4) is 0 Å². The summed E-state index contributed by atoms with van der Waals surface area (Å²) in [7, 11) is 0. The highest BCUT2D eigenvalue weighted by atomic mass is 16.8. The molecule has 5 heteroatoms. The molecular formula is C9H15NO4. The van der Waals surface area contributed by atoms with Crippen LogP contribution in [0.15, 0.2) is 0 Å². The Morgan fingerprint density at radius 1 is 1.36 bits per heavy atom. The number of amides is 1. The Kier molecular flexibility index (Phi) is 2.06. The maximum Gasteiger partial charge on any atom is 0.249 e. The Morgan fingerprint density at radius 2 is 2.00 bits per heavy atom. The lowest BCUT2D eigenvalue weighted by Gasteiger charge is -2.23. The summed E-state index contributed by atoms with van der Waals surface area (Å²) >= 11 is 0. The van der Waals surface area contributed by atoms with Crippen LogP contribution in [0.5, 0.6) is 0 Å². The molecule has 2 heterocycles. The van der Waals surface area contributed by atoms with E-state index in [2.05, 4.69) is 0 Å². The lowest BCUT2D eigenvalue weighted by Crippen LogP contribution is -2.45. The van der Waals surface area contributed by atoms with Crippen LogP contribution in [0.2, 0.25) is 0 Å². The Balaban J connectivity index is 2.27. The second-order valence-corrected chi connectivity index (χ2v) is 4.03. The molecule has 2 aliphatic heterocycles. The van der Waals surface area contributed by atoms with E-state index >= 15 is 0 Å². The Bertz CT molecular complexity index is 270. The lowest BCUT2D eigenvalue weighted by atomic mass is 9.93. The van der Waals surface area contributed by atoms with Crippen LogP contribution >= 0.6 is 0 Å². The van der Waals surface area contributed by atoms with Crippen molar-refractivity contribution in [2.45, 2.75) is 51.0 Å². The summed E-state index contributed by atoms with van der Waals surface area (Å²) in [6.45, 7) is 5.54. The molecule has 1 amide bonds. The van der Waals surface area contributed by atoms with Gasteiger partial charge < -0.3 is 19.9 Å². The molecule has 2 fully saturated rings. The molecule has 2 saturated heterocycles. The predicted molar refractivity (Wildman–Crippen MR) is 47.4 cm³/mol. The molecule has 5 nitrogen and oxygen atoms in total. The monoisotopic (exact) mass is 201 g/mol. The summed E-state index contributed by atoms with van der Waals surface area (Å²) in [6, 6.07) is 0. The maximum atomic E-state index is 11.1. The van der Waals surface area contributed by atoms with Gasteiger partial charge in [-0.15, -0.1) is 0 Å². The third-order valence-electron chi connectivity index (χ3n) is 3.04. The van der Waals surface area contributed by atoms with Crippen LogP contribution in [0.25, 0.3) is 0 Å². The molecule has 0 saturated carbocycles. The molecule has 2 aliphatic rings. The molecule has 0 aromatic rings. The summed E-state index contributed by atoms with van der Waals surface area (Å²) in [5, 5.41) is 0. The zero-order chi connectivity index (χ0) is 10.5. The lowest BCUT2D eigenvalue weighted by molar-refractivity contribution is -0.150. The first-order valence-corrected chi connectivity index (χ1v) is 4.73. The van der Waals surface area contributed by atoms with Crippen molar-refractivity contribution in [2.75, 3.05) is 0 Å². The molecule has 0 spiro atoms. The number of carbonyl (C=O) groups is 1. The van der Waals surface area contributed by atoms with E-state index in [1.165, 1.54) is 0 Å². The molecule has 0 bridgehead atoms. The van der Waals surface area contributed by atoms with E-state index in [1.54, 1.807) is 6.92 Å². The van der Waals surface area contributed by atoms with Crippen LogP contribution in [0.3, 0.4) is 0 Å². The fourth-order valence-corrected chi connectivity index (χ4v) is 2.14. The molecule has 0 aromatic carbocycles. The van der Waals surface area contributed by atoms with Crippen LogP contribution in [0.1, 0.15) is 20.8 Å². The third-order valence-corrected chi connectivity index (χ3v) is 3.04. The van der Waals surface area contributed by atoms with E-state index in [0.717, 1.165) is 0 Å². The van der Waals surface area contributed by atoms with Crippen molar-refractivity contribution in [1.29, 1.82) is 0 Å². The van der Waals surface area contributed by atoms with Gasteiger partial charge in [0, 0.05) is 0 Å². The zero-order valence-corrected chi connectivity index (χ0v) is 8.52. The van der Waals surface area contributed by atoms with E-state index in [4.69, 9.17) is 19.9 Å². The minimum Gasteiger partial charge on any atom is -0.367 e. The molecule has 2 rings (SSSR count). The summed E-state index contributed by atoms with van der Waals surface area (Å²) in [6.07, 6.45) is -1.57. The van der Waals surface area contributed by atoms with Gasteiger partial charge in [-0.3, -0.25) is 4.79 Å². The number of rotatable bonds is 1. The summed E-state index contributed by atoms with van der Waals surface area (Å²) < 4.78 is 16.5. The molecule has 80 valence electrons. The van der Waals surface area contributed by atoms with Crippen LogP contribution < -0.4 is 5.73 Å². The first kappa shape index (κ1) is 9.89. The molecular weight excluding hydrogens is 186 g/mol.